The Morgan fingerprint density at radius 3 is 2.68 bits per heavy atom. The highest BCUT2D eigenvalue weighted by Crippen LogP contribution is 2.30. The van der Waals surface area contributed by atoms with Gasteiger partial charge in [-0.3, -0.25) is 0 Å². The summed E-state index contributed by atoms with van der Waals surface area (Å²) in [6, 6.07) is 3.55. The lowest BCUT2D eigenvalue weighted by molar-refractivity contribution is 0.472. The smallest absolute Gasteiger partial charge is 0.239 e. The fraction of sp³-hybridized carbons (Fsp3) is 0.583. The number of anilines is 1. The summed E-state index contributed by atoms with van der Waals surface area (Å²) in [6.07, 6.45) is 4.71. The molecule has 0 amide bonds. The van der Waals surface area contributed by atoms with E-state index < -0.39 is 10.0 Å². The quantitative estimate of drug-likeness (QED) is 0.827. The second-order valence-electron chi connectivity index (χ2n) is 5.00. The molecule has 4 N–H and O–H groups in total. The van der Waals surface area contributed by atoms with Crippen molar-refractivity contribution >= 4 is 15.8 Å². The highest BCUT2D eigenvalue weighted by atomic mass is 32.2. The van der Waals surface area contributed by atoms with Crippen molar-refractivity contribution in [3.63, 3.8) is 0 Å². The monoisotopic (exact) mass is 284 g/mol. The number of sulfonamides is 1. The van der Waals surface area contributed by atoms with Crippen LogP contribution in [0.5, 0.6) is 0 Å². The highest BCUT2D eigenvalue weighted by molar-refractivity contribution is 7.89. The first-order valence-corrected chi connectivity index (χ1v) is 7.90. The molecule has 1 saturated carbocycles. The molecule has 0 radical (unpaired) electrons. The molecule has 1 aliphatic rings. The van der Waals surface area contributed by atoms with Gasteiger partial charge in [-0.2, -0.15) is 0 Å². The molecule has 0 saturated heterocycles. The molecular weight excluding hydrogens is 264 g/mol. The van der Waals surface area contributed by atoms with Gasteiger partial charge in [0.05, 0.1) is 0 Å². The van der Waals surface area contributed by atoms with Crippen LogP contribution in [0.2, 0.25) is 0 Å². The van der Waals surface area contributed by atoms with Crippen molar-refractivity contribution in [2.24, 2.45) is 16.8 Å². The molecule has 7 heteroatoms. The van der Waals surface area contributed by atoms with Crippen LogP contribution in [-0.4, -0.2) is 33.0 Å². The summed E-state index contributed by atoms with van der Waals surface area (Å²) < 4.78 is 22.4. The molecule has 1 heterocycles. The normalized spacial score (nSPS) is 23.5. The lowest BCUT2D eigenvalue weighted by Gasteiger charge is -2.30. The lowest BCUT2D eigenvalue weighted by atomic mass is 10.0. The molecule has 6 nitrogen and oxygen atoms in total. The van der Waals surface area contributed by atoms with Gasteiger partial charge in [0.25, 0.3) is 0 Å². The molecule has 2 unspecified atom stereocenters. The van der Waals surface area contributed by atoms with E-state index in [2.05, 4.69) is 9.88 Å². The molecule has 0 aliphatic heterocycles. The van der Waals surface area contributed by atoms with Crippen LogP contribution in [-0.2, 0) is 10.0 Å². The highest BCUT2D eigenvalue weighted by Gasteiger charge is 2.30. The molecule has 0 bridgehead atoms. The van der Waals surface area contributed by atoms with Crippen LogP contribution in [0.15, 0.2) is 23.2 Å². The first-order valence-electron chi connectivity index (χ1n) is 6.35. The minimum atomic E-state index is -3.68. The summed E-state index contributed by atoms with van der Waals surface area (Å²) in [5, 5.41) is 5.05. The topological polar surface area (TPSA) is 102 Å². The van der Waals surface area contributed by atoms with Gasteiger partial charge >= 0.3 is 0 Å². The standard InChI is InChI=1S/C12H20N4O2S/c1-16(11-4-2-3-9(11)7-13)12-6-5-10(8-15-12)19(14,17)18/h5-6,8-9,11H,2-4,7,13H2,1H3,(H2,14,17,18). The first-order chi connectivity index (χ1) is 8.93. The van der Waals surface area contributed by atoms with Crippen LogP contribution in [0.4, 0.5) is 5.82 Å². The fourth-order valence-corrected chi connectivity index (χ4v) is 3.18. The van der Waals surface area contributed by atoms with Crippen LogP contribution in [0.3, 0.4) is 0 Å². The second kappa shape index (κ2) is 5.44. The maximum absolute atomic E-state index is 11.2. The summed E-state index contributed by atoms with van der Waals surface area (Å²) in [6.45, 7) is 0.671. The molecule has 0 spiro atoms. The third-order valence-corrected chi connectivity index (χ3v) is 4.73. The zero-order valence-electron chi connectivity index (χ0n) is 11.0. The van der Waals surface area contributed by atoms with Crippen LogP contribution >= 0.6 is 0 Å². The van der Waals surface area contributed by atoms with Gasteiger partial charge in [-0.1, -0.05) is 6.42 Å². The number of hydrogen-bond donors (Lipinski definition) is 2. The summed E-state index contributed by atoms with van der Waals surface area (Å²) in [5.41, 5.74) is 5.78. The number of rotatable bonds is 4. The van der Waals surface area contributed by atoms with E-state index in [0.717, 1.165) is 18.7 Å². The van der Waals surface area contributed by atoms with Crippen LogP contribution in [0.25, 0.3) is 0 Å². The summed E-state index contributed by atoms with van der Waals surface area (Å²) in [5.74, 6) is 1.22. The summed E-state index contributed by atoms with van der Waals surface area (Å²) >= 11 is 0. The molecule has 106 valence electrons. The van der Waals surface area contributed by atoms with Gasteiger partial charge in [0.2, 0.25) is 10.0 Å². The SMILES string of the molecule is CN(c1ccc(S(N)(=O)=O)cn1)C1CCCC1CN. The second-order valence-corrected chi connectivity index (χ2v) is 6.56. The number of aromatic nitrogens is 1. The predicted octanol–water partition coefficient (Wildman–Crippen LogP) is 0.293. The van der Waals surface area contributed by atoms with Gasteiger partial charge in [-0.05, 0) is 37.4 Å². The molecule has 1 aromatic heterocycles. The van der Waals surface area contributed by atoms with Crippen molar-refractivity contribution < 1.29 is 8.42 Å². The number of pyridine rings is 1. The van der Waals surface area contributed by atoms with Gasteiger partial charge in [0.1, 0.15) is 10.7 Å². The average Bonchev–Trinajstić information content (AvgIpc) is 2.85. The van der Waals surface area contributed by atoms with Crippen molar-refractivity contribution in [2.75, 3.05) is 18.5 Å². The van der Waals surface area contributed by atoms with Gasteiger partial charge in [-0.25, -0.2) is 18.5 Å². The Morgan fingerprint density at radius 2 is 2.16 bits per heavy atom. The Hall–Kier alpha value is -1.18. The Balaban J connectivity index is 2.18. The minimum Gasteiger partial charge on any atom is -0.356 e. The van der Waals surface area contributed by atoms with Crippen LogP contribution < -0.4 is 15.8 Å². The van der Waals surface area contributed by atoms with Crippen molar-refractivity contribution in [1.82, 2.24) is 4.98 Å². The Labute approximate surface area is 113 Å². The molecule has 1 aromatic rings. The molecule has 1 aliphatic carbocycles. The minimum absolute atomic E-state index is 0.0337. The zero-order chi connectivity index (χ0) is 14.0. The molecule has 1 fully saturated rings. The average molecular weight is 284 g/mol. The van der Waals surface area contributed by atoms with E-state index in [0.29, 0.717) is 18.5 Å². The van der Waals surface area contributed by atoms with E-state index >= 15 is 0 Å². The van der Waals surface area contributed by atoms with Crippen molar-refractivity contribution in [3.05, 3.63) is 18.3 Å². The van der Waals surface area contributed by atoms with Gasteiger partial charge < -0.3 is 10.6 Å². The number of hydrogen-bond acceptors (Lipinski definition) is 5. The Bertz CT molecular complexity index is 529. The number of primary sulfonamides is 1. The van der Waals surface area contributed by atoms with E-state index in [-0.39, 0.29) is 4.90 Å². The van der Waals surface area contributed by atoms with Gasteiger partial charge in [-0.15, -0.1) is 0 Å². The van der Waals surface area contributed by atoms with Crippen LogP contribution in [0, 0.1) is 5.92 Å². The van der Waals surface area contributed by atoms with Gasteiger partial charge in [0.15, 0.2) is 0 Å². The molecule has 0 aromatic carbocycles. The predicted molar refractivity (Wildman–Crippen MR) is 74.2 cm³/mol. The Morgan fingerprint density at radius 1 is 1.42 bits per heavy atom. The zero-order valence-corrected chi connectivity index (χ0v) is 11.8. The van der Waals surface area contributed by atoms with E-state index in [9.17, 15) is 8.42 Å². The van der Waals surface area contributed by atoms with E-state index in [1.165, 1.54) is 18.7 Å². The van der Waals surface area contributed by atoms with Gasteiger partial charge in [0, 0.05) is 19.3 Å². The number of nitrogens with zero attached hydrogens (tertiary/aromatic N) is 2. The molecule has 2 rings (SSSR count). The summed E-state index contributed by atoms with van der Waals surface area (Å²) in [4.78, 5) is 6.30. The number of nitrogens with two attached hydrogens (primary N) is 2. The van der Waals surface area contributed by atoms with E-state index in [4.69, 9.17) is 10.9 Å². The van der Waals surface area contributed by atoms with E-state index in [1.807, 2.05) is 7.05 Å². The molecule has 2 atom stereocenters. The van der Waals surface area contributed by atoms with Crippen molar-refractivity contribution in [1.29, 1.82) is 0 Å². The fourth-order valence-electron chi connectivity index (χ4n) is 2.72. The van der Waals surface area contributed by atoms with Crippen LogP contribution in [0.1, 0.15) is 19.3 Å². The van der Waals surface area contributed by atoms with Crippen molar-refractivity contribution in [3.8, 4) is 0 Å². The largest absolute Gasteiger partial charge is 0.356 e. The maximum atomic E-state index is 11.2. The lowest BCUT2D eigenvalue weighted by Crippen LogP contribution is -2.38. The Kier molecular flexibility index (Phi) is 4.07. The molecule has 19 heavy (non-hydrogen) atoms. The van der Waals surface area contributed by atoms with E-state index in [1.54, 1.807) is 6.07 Å². The third-order valence-electron chi connectivity index (χ3n) is 3.83. The third kappa shape index (κ3) is 3.05. The summed E-state index contributed by atoms with van der Waals surface area (Å²) in [7, 11) is -1.71. The first kappa shape index (κ1) is 14.2. The van der Waals surface area contributed by atoms with Crippen molar-refractivity contribution in [2.45, 2.75) is 30.2 Å². The molecular formula is C12H20N4O2S. The maximum Gasteiger partial charge on any atom is 0.239 e.